The molecule has 0 radical (unpaired) electrons. The van der Waals surface area contributed by atoms with E-state index in [1.165, 1.54) is 12.8 Å². The van der Waals surface area contributed by atoms with E-state index in [1.807, 2.05) is 19.2 Å². The molecule has 1 aliphatic rings. The van der Waals surface area contributed by atoms with Crippen molar-refractivity contribution in [2.24, 2.45) is 11.7 Å². The van der Waals surface area contributed by atoms with Crippen molar-refractivity contribution >= 4 is 0 Å². The molecule has 112 valence electrons. The lowest BCUT2D eigenvalue weighted by molar-refractivity contribution is -0.0939. The number of nitrogens with two attached hydrogens (primary N) is 1. The van der Waals surface area contributed by atoms with Crippen molar-refractivity contribution < 1.29 is 9.47 Å². The van der Waals surface area contributed by atoms with Gasteiger partial charge in [-0.25, -0.2) is 0 Å². The molecule has 1 heterocycles. The van der Waals surface area contributed by atoms with E-state index in [-0.39, 0.29) is 11.6 Å². The molecule has 1 saturated carbocycles. The Balaban J connectivity index is 2.27. The van der Waals surface area contributed by atoms with Crippen molar-refractivity contribution in [2.45, 2.75) is 51.2 Å². The molecule has 0 saturated heterocycles. The van der Waals surface area contributed by atoms with Crippen LogP contribution in [0, 0.1) is 5.92 Å². The molecule has 3 unspecified atom stereocenters. The van der Waals surface area contributed by atoms with Crippen molar-refractivity contribution in [1.82, 2.24) is 4.98 Å². The van der Waals surface area contributed by atoms with Gasteiger partial charge in [-0.1, -0.05) is 19.8 Å². The second-order valence-electron chi connectivity index (χ2n) is 5.84. The van der Waals surface area contributed by atoms with Gasteiger partial charge >= 0.3 is 0 Å². The highest BCUT2D eigenvalue weighted by atomic mass is 16.5. The first-order chi connectivity index (χ1) is 9.61. The van der Waals surface area contributed by atoms with E-state index in [1.54, 1.807) is 13.3 Å². The monoisotopic (exact) mass is 278 g/mol. The van der Waals surface area contributed by atoms with E-state index >= 15 is 0 Å². The Labute approximate surface area is 121 Å². The van der Waals surface area contributed by atoms with Crippen LogP contribution < -0.4 is 10.5 Å². The summed E-state index contributed by atoms with van der Waals surface area (Å²) < 4.78 is 11.4. The molecule has 0 bridgehead atoms. The van der Waals surface area contributed by atoms with E-state index in [2.05, 4.69) is 11.9 Å². The van der Waals surface area contributed by atoms with Crippen molar-refractivity contribution in [3.8, 4) is 5.75 Å². The highest BCUT2D eigenvalue weighted by Gasteiger charge is 2.41. The van der Waals surface area contributed by atoms with Crippen molar-refractivity contribution in [3.05, 3.63) is 24.0 Å². The maximum absolute atomic E-state index is 6.56. The summed E-state index contributed by atoms with van der Waals surface area (Å²) in [4.78, 5) is 4.22. The molecule has 0 aliphatic heterocycles. The smallest absolute Gasteiger partial charge is 0.137 e. The third-order valence-electron chi connectivity index (χ3n) is 4.32. The van der Waals surface area contributed by atoms with Gasteiger partial charge in [0, 0.05) is 12.8 Å². The van der Waals surface area contributed by atoms with Crippen LogP contribution >= 0.6 is 0 Å². The van der Waals surface area contributed by atoms with Crippen LogP contribution in [-0.4, -0.2) is 24.3 Å². The summed E-state index contributed by atoms with van der Waals surface area (Å²) in [6.07, 6.45) is 7.99. The molecule has 0 amide bonds. The van der Waals surface area contributed by atoms with E-state index in [9.17, 15) is 0 Å². The minimum absolute atomic E-state index is 0.159. The van der Waals surface area contributed by atoms with Crippen LogP contribution in [0.5, 0.6) is 5.75 Å². The molecule has 0 aromatic carbocycles. The van der Waals surface area contributed by atoms with Crippen LogP contribution in [0.3, 0.4) is 0 Å². The standard InChI is InChI=1S/C16H26N2O2/c1-4-20-16(7-5-6-12(2)9-16)15(17)13-8-14(19-3)11-18-10-13/h8,10-12,15H,4-7,9,17H2,1-3H3. The maximum atomic E-state index is 6.56. The molecule has 1 aliphatic carbocycles. The number of methoxy groups -OCH3 is 1. The summed E-state index contributed by atoms with van der Waals surface area (Å²) in [7, 11) is 1.65. The summed E-state index contributed by atoms with van der Waals surface area (Å²) in [5.74, 6) is 1.40. The van der Waals surface area contributed by atoms with Gasteiger partial charge in [0.05, 0.1) is 24.9 Å². The lowest BCUT2D eigenvalue weighted by Crippen LogP contribution is -2.47. The Hall–Kier alpha value is -1.13. The fourth-order valence-electron chi connectivity index (χ4n) is 3.36. The highest BCUT2D eigenvalue weighted by molar-refractivity contribution is 5.28. The average molecular weight is 278 g/mol. The van der Waals surface area contributed by atoms with Crippen LogP contribution in [0.2, 0.25) is 0 Å². The Bertz CT molecular complexity index is 434. The van der Waals surface area contributed by atoms with Gasteiger partial charge in [0.2, 0.25) is 0 Å². The number of hydrogen-bond acceptors (Lipinski definition) is 4. The topological polar surface area (TPSA) is 57.4 Å². The number of pyridine rings is 1. The first-order valence-electron chi connectivity index (χ1n) is 7.50. The zero-order chi connectivity index (χ0) is 14.6. The minimum Gasteiger partial charge on any atom is -0.495 e. The quantitative estimate of drug-likeness (QED) is 0.899. The SMILES string of the molecule is CCOC1(C(N)c2cncc(OC)c2)CCCC(C)C1. The van der Waals surface area contributed by atoms with Gasteiger partial charge in [-0.05, 0) is 37.3 Å². The van der Waals surface area contributed by atoms with Crippen molar-refractivity contribution in [2.75, 3.05) is 13.7 Å². The molecule has 20 heavy (non-hydrogen) atoms. The molecular formula is C16H26N2O2. The predicted molar refractivity (Wildman–Crippen MR) is 79.7 cm³/mol. The van der Waals surface area contributed by atoms with Gasteiger partial charge in [-0.15, -0.1) is 0 Å². The third-order valence-corrected chi connectivity index (χ3v) is 4.32. The number of aromatic nitrogens is 1. The number of ether oxygens (including phenoxy) is 2. The summed E-state index contributed by atoms with van der Waals surface area (Å²) in [6, 6.07) is 1.81. The molecular weight excluding hydrogens is 252 g/mol. The van der Waals surface area contributed by atoms with E-state index in [0.29, 0.717) is 12.5 Å². The normalized spacial score (nSPS) is 28.1. The van der Waals surface area contributed by atoms with Crippen molar-refractivity contribution in [3.63, 3.8) is 0 Å². The van der Waals surface area contributed by atoms with Crippen LogP contribution in [-0.2, 0) is 4.74 Å². The first kappa shape index (κ1) is 15.3. The molecule has 2 N–H and O–H groups in total. The molecule has 1 aromatic heterocycles. The molecule has 3 atom stereocenters. The average Bonchev–Trinajstić information content (AvgIpc) is 2.47. The van der Waals surface area contributed by atoms with Gasteiger partial charge in [0.1, 0.15) is 5.75 Å². The Kier molecular flexibility index (Phi) is 5.00. The second-order valence-corrected chi connectivity index (χ2v) is 5.84. The van der Waals surface area contributed by atoms with Gasteiger partial charge in [0.25, 0.3) is 0 Å². The van der Waals surface area contributed by atoms with Gasteiger partial charge in [-0.3, -0.25) is 4.98 Å². The fraction of sp³-hybridized carbons (Fsp3) is 0.688. The predicted octanol–water partition coefficient (Wildman–Crippen LogP) is 3.08. The van der Waals surface area contributed by atoms with E-state index < -0.39 is 0 Å². The molecule has 4 nitrogen and oxygen atoms in total. The van der Waals surface area contributed by atoms with Gasteiger partial charge in [0.15, 0.2) is 0 Å². The summed E-state index contributed by atoms with van der Waals surface area (Å²) in [5, 5.41) is 0. The highest BCUT2D eigenvalue weighted by Crippen LogP contribution is 2.42. The molecule has 1 aromatic rings. The Morgan fingerprint density at radius 3 is 2.95 bits per heavy atom. The van der Waals surface area contributed by atoms with E-state index in [4.69, 9.17) is 15.2 Å². The largest absolute Gasteiger partial charge is 0.495 e. The van der Waals surface area contributed by atoms with Gasteiger partial charge < -0.3 is 15.2 Å². The van der Waals surface area contributed by atoms with Gasteiger partial charge in [-0.2, -0.15) is 0 Å². The Morgan fingerprint density at radius 2 is 2.30 bits per heavy atom. The number of rotatable bonds is 5. The molecule has 1 fully saturated rings. The summed E-state index contributed by atoms with van der Waals surface area (Å²) in [6.45, 7) is 5.01. The molecule has 2 rings (SSSR count). The van der Waals surface area contributed by atoms with Crippen LogP contribution in [0.15, 0.2) is 18.5 Å². The van der Waals surface area contributed by atoms with Crippen molar-refractivity contribution in [1.29, 1.82) is 0 Å². The zero-order valence-electron chi connectivity index (χ0n) is 12.8. The third kappa shape index (κ3) is 3.13. The minimum atomic E-state index is -0.263. The van der Waals surface area contributed by atoms with Crippen LogP contribution in [0.4, 0.5) is 0 Å². The zero-order valence-corrected chi connectivity index (χ0v) is 12.8. The second kappa shape index (κ2) is 6.55. The summed E-state index contributed by atoms with van der Waals surface area (Å²) in [5.41, 5.74) is 7.29. The van der Waals surface area contributed by atoms with Crippen LogP contribution in [0.25, 0.3) is 0 Å². The molecule has 0 spiro atoms. The lowest BCUT2D eigenvalue weighted by atomic mass is 9.73. The molecule has 4 heteroatoms. The summed E-state index contributed by atoms with van der Waals surface area (Å²) >= 11 is 0. The maximum Gasteiger partial charge on any atom is 0.137 e. The number of hydrogen-bond donors (Lipinski definition) is 1. The Morgan fingerprint density at radius 1 is 1.50 bits per heavy atom. The van der Waals surface area contributed by atoms with E-state index in [0.717, 1.165) is 24.2 Å². The fourth-order valence-corrected chi connectivity index (χ4v) is 3.36. The lowest BCUT2D eigenvalue weighted by Gasteiger charge is -2.44. The number of nitrogens with zero attached hydrogens (tertiary/aromatic N) is 1. The first-order valence-corrected chi connectivity index (χ1v) is 7.50. The van der Waals surface area contributed by atoms with Crippen LogP contribution in [0.1, 0.15) is 51.1 Å².